The Balaban J connectivity index is 1.22. The molecule has 0 spiro atoms. The van der Waals surface area contributed by atoms with Crippen LogP contribution in [0.25, 0.3) is 0 Å². The van der Waals surface area contributed by atoms with Gasteiger partial charge in [0.25, 0.3) is 11.8 Å². The molecule has 0 N–H and O–H groups in total. The zero-order valence-electron chi connectivity index (χ0n) is 22.6. The number of hydrogen-bond donors (Lipinski definition) is 0. The Morgan fingerprint density at radius 1 is 0.730 bits per heavy atom. The maximum atomic E-state index is 12.1. The van der Waals surface area contributed by atoms with Gasteiger partial charge in [-0.25, -0.2) is 0 Å². The number of carbonyl (C=O) groups excluding carboxylic acids is 4. The molecule has 0 radical (unpaired) electrons. The third-order valence-corrected chi connectivity index (χ3v) is 14.0. The van der Waals surface area contributed by atoms with Crippen molar-refractivity contribution in [3.8, 4) is 0 Å². The molecule has 0 aromatic heterocycles. The smallest absolute Gasteiger partial charge is 0.253 e. The summed E-state index contributed by atoms with van der Waals surface area (Å²) in [5.74, 6) is -0.983. The molecule has 4 rings (SSSR count). The van der Waals surface area contributed by atoms with Gasteiger partial charge in [-0.2, -0.15) is 0 Å². The maximum absolute atomic E-state index is 12.1. The molecule has 4 atom stereocenters. The molecule has 0 saturated heterocycles. The molecule has 0 bridgehead atoms. The highest BCUT2D eigenvalue weighted by Crippen LogP contribution is 2.35. The molecule has 37 heavy (non-hydrogen) atoms. The number of nitrogens with zero attached hydrogens (tertiary/aromatic N) is 1. The van der Waals surface area contributed by atoms with Crippen LogP contribution in [-0.2, 0) is 32.8 Å². The minimum atomic E-state index is -2.14. The van der Waals surface area contributed by atoms with Crippen LogP contribution in [-0.4, -0.2) is 75.6 Å². The molecular weight excluding hydrogens is 506 g/mol. The predicted molar refractivity (Wildman–Crippen MR) is 143 cm³/mol. The minimum absolute atomic E-state index is 0.0195. The highest BCUT2D eigenvalue weighted by molar-refractivity contribution is 6.84. The molecule has 2 amide bonds. The molecular formula is C27H41NO7Si2. The molecule has 8 nitrogen and oxygen atoms in total. The molecule has 2 fully saturated rings. The number of rotatable bonds is 10. The first kappa shape index (κ1) is 28.3. The summed E-state index contributed by atoms with van der Waals surface area (Å²) in [6.07, 6.45) is 13.7. The topological polar surface area (TPSA) is 99.2 Å². The molecule has 0 aromatic carbocycles. The SMILES string of the molecule is C[Si](C)(COC1CCCC(C2C(=O)C=CC2=O)C1)O[Si](C)(C)COC1CCCC(N2C(=O)C=CC2=O)C1. The van der Waals surface area contributed by atoms with Crippen LogP contribution in [0.1, 0.15) is 51.4 Å². The summed E-state index contributed by atoms with van der Waals surface area (Å²) in [7, 11) is -4.28. The average Bonchev–Trinajstić information content (AvgIpc) is 3.36. The van der Waals surface area contributed by atoms with Gasteiger partial charge in [0.1, 0.15) is 0 Å². The van der Waals surface area contributed by atoms with E-state index in [4.69, 9.17) is 13.6 Å². The standard InChI is InChI=1S/C27H41NO7Si2/c1-36(2,17-33-21-9-5-7-19(15-21)27-23(29)11-12-24(27)30)35-37(3,4)18-34-22-10-6-8-20(16-22)28-25(31)13-14-26(28)32/h11-14,19-22,27H,5-10,15-18H2,1-4H3. The van der Waals surface area contributed by atoms with E-state index in [0.29, 0.717) is 18.9 Å². The zero-order chi connectivity index (χ0) is 26.8. The number of ketones is 2. The van der Waals surface area contributed by atoms with E-state index in [2.05, 4.69) is 26.2 Å². The van der Waals surface area contributed by atoms with E-state index in [0.717, 1.165) is 44.9 Å². The van der Waals surface area contributed by atoms with E-state index >= 15 is 0 Å². The monoisotopic (exact) mass is 547 g/mol. The molecule has 1 heterocycles. The van der Waals surface area contributed by atoms with E-state index in [1.165, 1.54) is 29.2 Å². The third-order valence-electron chi connectivity index (χ3n) is 7.86. The first-order chi connectivity index (χ1) is 17.4. The third kappa shape index (κ3) is 7.23. The van der Waals surface area contributed by atoms with Crippen molar-refractivity contribution in [1.82, 2.24) is 4.90 Å². The van der Waals surface area contributed by atoms with Gasteiger partial charge in [-0.15, -0.1) is 0 Å². The summed E-state index contributed by atoms with van der Waals surface area (Å²) in [6, 6.07) is -0.0939. The van der Waals surface area contributed by atoms with Crippen molar-refractivity contribution in [1.29, 1.82) is 0 Å². The quantitative estimate of drug-likeness (QED) is 0.234. The summed E-state index contributed by atoms with van der Waals surface area (Å²) in [4.78, 5) is 49.8. The Morgan fingerprint density at radius 3 is 1.81 bits per heavy atom. The van der Waals surface area contributed by atoms with Gasteiger partial charge in [0.2, 0.25) is 0 Å². The first-order valence-corrected chi connectivity index (χ1v) is 19.9. The molecule has 0 aromatic rings. The number of hydrogen-bond acceptors (Lipinski definition) is 7. The van der Waals surface area contributed by atoms with Gasteiger partial charge in [0, 0.05) is 18.2 Å². The van der Waals surface area contributed by atoms with Gasteiger partial charge in [-0.05, 0) is 89.2 Å². The van der Waals surface area contributed by atoms with Crippen LogP contribution in [0.15, 0.2) is 24.3 Å². The van der Waals surface area contributed by atoms with Crippen LogP contribution < -0.4 is 0 Å². The Hall–Kier alpha value is -1.73. The van der Waals surface area contributed by atoms with Crippen LogP contribution in [0.2, 0.25) is 26.2 Å². The van der Waals surface area contributed by atoms with Gasteiger partial charge in [0.15, 0.2) is 28.2 Å². The second-order valence-electron chi connectivity index (χ2n) is 12.2. The normalized spacial score (nSPS) is 29.7. The first-order valence-electron chi connectivity index (χ1n) is 13.7. The minimum Gasteiger partial charge on any atom is -0.453 e. The van der Waals surface area contributed by atoms with Crippen molar-refractivity contribution in [2.24, 2.45) is 11.8 Å². The van der Waals surface area contributed by atoms with Crippen LogP contribution in [0.5, 0.6) is 0 Å². The van der Waals surface area contributed by atoms with Crippen LogP contribution in [0.3, 0.4) is 0 Å². The van der Waals surface area contributed by atoms with Crippen LogP contribution >= 0.6 is 0 Å². The van der Waals surface area contributed by atoms with E-state index in [1.807, 2.05) is 0 Å². The molecule has 10 heteroatoms. The molecule has 204 valence electrons. The lowest BCUT2D eigenvalue weighted by Gasteiger charge is -2.38. The van der Waals surface area contributed by atoms with Crippen molar-refractivity contribution in [2.75, 3.05) is 12.5 Å². The fourth-order valence-corrected chi connectivity index (χ4v) is 14.1. The molecule has 1 aliphatic heterocycles. The molecule has 4 unspecified atom stereocenters. The zero-order valence-corrected chi connectivity index (χ0v) is 24.6. The van der Waals surface area contributed by atoms with E-state index in [9.17, 15) is 19.2 Å². The number of ether oxygens (including phenoxy) is 2. The van der Waals surface area contributed by atoms with Crippen molar-refractivity contribution in [3.05, 3.63) is 24.3 Å². The van der Waals surface area contributed by atoms with Gasteiger partial charge in [-0.3, -0.25) is 24.1 Å². The van der Waals surface area contributed by atoms with Crippen LogP contribution in [0, 0.1) is 11.8 Å². The Kier molecular flexibility index (Phi) is 8.84. The van der Waals surface area contributed by atoms with E-state index < -0.39 is 22.6 Å². The highest BCUT2D eigenvalue weighted by Gasteiger charge is 2.41. The number of allylic oxidation sites excluding steroid dienone is 2. The lowest BCUT2D eigenvalue weighted by Crippen LogP contribution is -2.52. The second-order valence-corrected chi connectivity index (χ2v) is 20.7. The predicted octanol–water partition coefficient (Wildman–Crippen LogP) is 3.64. The molecule has 2 saturated carbocycles. The maximum Gasteiger partial charge on any atom is 0.253 e. The van der Waals surface area contributed by atoms with Gasteiger partial charge in [-0.1, -0.05) is 6.42 Å². The fraction of sp³-hybridized carbons (Fsp3) is 0.704. The second kappa shape index (κ2) is 11.6. The Morgan fingerprint density at radius 2 is 1.24 bits per heavy atom. The van der Waals surface area contributed by atoms with Crippen molar-refractivity contribution >= 4 is 40.0 Å². The summed E-state index contributed by atoms with van der Waals surface area (Å²) in [5, 5.41) is 0. The van der Waals surface area contributed by atoms with Crippen molar-refractivity contribution in [3.63, 3.8) is 0 Å². The number of amides is 2. The van der Waals surface area contributed by atoms with E-state index in [-0.39, 0.29) is 47.5 Å². The lowest BCUT2D eigenvalue weighted by atomic mass is 9.77. The molecule has 4 aliphatic rings. The summed E-state index contributed by atoms with van der Waals surface area (Å²) >= 11 is 0. The lowest BCUT2D eigenvalue weighted by molar-refractivity contribution is -0.141. The van der Waals surface area contributed by atoms with Gasteiger partial charge in [0.05, 0.1) is 30.6 Å². The average molecular weight is 548 g/mol. The highest BCUT2D eigenvalue weighted by atomic mass is 28.4. The van der Waals surface area contributed by atoms with Crippen molar-refractivity contribution < 1.29 is 32.8 Å². The Labute approximate surface area is 222 Å². The largest absolute Gasteiger partial charge is 0.453 e. The van der Waals surface area contributed by atoms with E-state index in [1.54, 1.807) is 0 Å². The number of imide groups is 1. The van der Waals surface area contributed by atoms with Gasteiger partial charge >= 0.3 is 0 Å². The van der Waals surface area contributed by atoms with Crippen molar-refractivity contribution in [2.45, 2.75) is 95.8 Å². The summed E-state index contributed by atoms with van der Waals surface area (Å²) in [5.41, 5.74) is 0. The summed E-state index contributed by atoms with van der Waals surface area (Å²) in [6.45, 7) is 8.68. The fourth-order valence-electron chi connectivity index (χ4n) is 6.33. The Bertz CT molecular complexity index is 864. The van der Waals surface area contributed by atoms with Gasteiger partial charge < -0.3 is 13.6 Å². The number of carbonyl (C=O) groups is 4. The van der Waals surface area contributed by atoms with Crippen LogP contribution in [0.4, 0.5) is 0 Å². The summed E-state index contributed by atoms with van der Waals surface area (Å²) < 4.78 is 19.4. The molecule has 3 aliphatic carbocycles.